The number of rotatable bonds is 18. The molecule has 0 rings (SSSR count). The molecule has 0 aromatic rings. The average Bonchev–Trinajstić information content (AvgIpc) is 2.76. The Balaban J connectivity index is 5.43. The van der Waals surface area contributed by atoms with E-state index < -0.39 is 28.3 Å². The summed E-state index contributed by atoms with van der Waals surface area (Å²) in [5.74, 6) is 0. The summed E-state index contributed by atoms with van der Waals surface area (Å²) in [6, 6.07) is 6.58. The summed E-state index contributed by atoms with van der Waals surface area (Å²) < 4.78 is 15.5. The predicted octanol–water partition coefficient (Wildman–Crippen LogP) is 8.38. The summed E-state index contributed by atoms with van der Waals surface area (Å²) >= 11 is 2.22. The van der Waals surface area contributed by atoms with Gasteiger partial charge in [0.1, 0.15) is 0 Å². The second-order valence-corrected chi connectivity index (χ2v) is 19.1. The largest absolute Gasteiger partial charge is 0.413 e. The van der Waals surface area contributed by atoms with Crippen molar-refractivity contribution in [2.45, 2.75) is 122 Å². The number of hydrogen-bond acceptors (Lipinski definition) is 3. The number of halogens is 1. The van der Waals surface area contributed by atoms with Crippen molar-refractivity contribution in [3.05, 3.63) is 35.0 Å². The molecule has 0 aromatic heterocycles. The minimum atomic E-state index is -1.87. The van der Waals surface area contributed by atoms with Gasteiger partial charge in [0.15, 0.2) is 16.6 Å². The zero-order valence-corrected chi connectivity index (χ0v) is 25.5. The molecule has 0 saturated heterocycles. The highest BCUT2D eigenvalue weighted by Crippen LogP contribution is 2.34. The van der Waals surface area contributed by atoms with E-state index in [9.17, 15) is 5.11 Å². The van der Waals surface area contributed by atoms with E-state index in [1.165, 1.54) is 0 Å². The zero-order chi connectivity index (χ0) is 24.1. The minimum absolute atomic E-state index is 0.103. The van der Waals surface area contributed by atoms with Crippen LogP contribution < -0.4 is 0 Å². The molecule has 31 heavy (non-hydrogen) atoms. The monoisotopic (exact) mass is 580 g/mol. The molecule has 0 spiro atoms. The summed E-state index contributed by atoms with van der Waals surface area (Å²) in [4.78, 5) is 0. The third-order valence-electron chi connectivity index (χ3n) is 7.20. The minimum Gasteiger partial charge on any atom is -0.413 e. The van der Waals surface area contributed by atoms with Crippen LogP contribution in [0.1, 0.15) is 67.7 Å². The van der Waals surface area contributed by atoms with Gasteiger partial charge in [0.2, 0.25) is 0 Å². The lowest BCUT2D eigenvalue weighted by Gasteiger charge is -2.42. The lowest BCUT2D eigenvalue weighted by atomic mass is 9.92. The van der Waals surface area contributed by atoms with Gasteiger partial charge in [0.05, 0.1) is 17.8 Å². The maximum absolute atomic E-state index is 11.3. The summed E-state index contributed by atoms with van der Waals surface area (Å²) in [7, 11) is -3.57. The average molecular weight is 581 g/mol. The molecular formula is C25H49IO3Si2. The maximum atomic E-state index is 11.3. The van der Waals surface area contributed by atoms with Crippen molar-refractivity contribution < 1.29 is 14.0 Å². The second kappa shape index (κ2) is 15.2. The number of aliphatic hydroxyl groups is 1. The molecule has 1 unspecified atom stereocenters. The molecule has 0 saturated carbocycles. The first kappa shape index (κ1) is 31.3. The van der Waals surface area contributed by atoms with Crippen LogP contribution in [0.3, 0.4) is 0 Å². The van der Waals surface area contributed by atoms with E-state index in [-0.39, 0.29) is 6.10 Å². The van der Waals surface area contributed by atoms with Crippen LogP contribution >= 0.6 is 22.6 Å². The molecule has 0 aliphatic heterocycles. The standard InChI is InChI=1S/C25H49IO3Si2/c1-10-17-23(28-30(11-2,12-3)13-4)20-22(8)21-24(27)25(9,18-19-26)29-31(14-5,15-6)16-7/h10,18-19,23-24,27H,1,8,11-17,20-21H2,2-7,9H3/b19-18+/t23-,24?,25+/m0/s1. The zero-order valence-electron chi connectivity index (χ0n) is 21.3. The van der Waals surface area contributed by atoms with Crippen molar-refractivity contribution in [1.29, 1.82) is 0 Å². The van der Waals surface area contributed by atoms with Gasteiger partial charge in [0, 0.05) is 0 Å². The molecule has 0 aliphatic carbocycles. The normalized spacial score (nSPS) is 16.8. The van der Waals surface area contributed by atoms with E-state index in [1.54, 1.807) is 0 Å². The van der Waals surface area contributed by atoms with Crippen LogP contribution in [0.25, 0.3) is 0 Å². The van der Waals surface area contributed by atoms with Crippen LogP contribution in [-0.4, -0.2) is 39.6 Å². The summed E-state index contributed by atoms with van der Waals surface area (Å²) in [5.41, 5.74) is 0.334. The van der Waals surface area contributed by atoms with Gasteiger partial charge in [-0.2, -0.15) is 0 Å². The highest BCUT2D eigenvalue weighted by atomic mass is 127. The lowest BCUT2D eigenvalue weighted by Crippen LogP contribution is -2.51. The van der Waals surface area contributed by atoms with Crippen LogP contribution in [0.15, 0.2) is 35.0 Å². The molecule has 0 bridgehead atoms. The van der Waals surface area contributed by atoms with E-state index >= 15 is 0 Å². The summed E-state index contributed by atoms with van der Waals surface area (Å²) in [6.07, 6.45) is 5.56. The molecule has 0 fully saturated rings. The van der Waals surface area contributed by atoms with Crippen molar-refractivity contribution in [3.8, 4) is 0 Å². The van der Waals surface area contributed by atoms with Crippen LogP contribution in [-0.2, 0) is 8.85 Å². The molecule has 6 heteroatoms. The summed E-state index contributed by atoms with van der Waals surface area (Å²) in [6.45, 7) is 23.7. The third-order valence-corrected chi connectivity index (χ3v) is 17.0. The molecule has 3 nitrogen and oxygen atoms in total. The fourth-order valence-electron chi connectivity index (χ4n) is 4.37. The lowest BCUT2D eigenvalue weighted by molar-refractivity contribution is -0.0151. The molecule has 182 valence electrons. The Morgan fingerprint density at radius 2 is 1.45 bits per heavy atom. The Kier molecular flexibility index (Phi) is 15.4. The molecule has 1 N–H and O–H groups in total. The topological polar surface area (TPSA) is 38.7 Å². The SMILES string of the molecule is C=CC[C@@H](CC(=C)CC(O)[C@@](C)(/C=C/I)O[Si](CC)(CC)CC)O[Si](CC)(CC)CC. The predicted molar refractivity (Wildman–Crippen MR) is 151 cm³/mol. The molecule has 0 aromatic carbocycles. The van der Waals surface area contributed by atoms with Crippen molar-refractivity contribution in [3.63, 3.8) is 0 Å². The van der Waals surface area contributed by atoms with Gasteiger partial charge in [-0.3, -0.25) is 0 Å². The van der Waals surface area contributed by atoms with Gasteiger partial charge in [-0.1, -0.05) is 82.4 Å². The Hall–Kier alpha value is 0.264. The van der Waals surface area contributed by atoms with Gasteiger partial charge in [-0.05, 0) is 72.6 Å². The first-order chi connectivity index (χ1) is 14.6. The van der Waals surface area contributed by atoms with Crippen molar-refractivity contribution in [2.75, 3.05) is 0 Å². The second-order valence-electron chi connectivity index (χ2n) is 9.00. The van der Waals surface area contributed by atoms with E-state index in [0.717, 1.165) is 54.7 Å². The van der Waals surface area contributed by atoms with E-state index in [0.29, 0.717) is 6.42 Å². The third kappa shape index (κ3) is 9.57. The fraction of sp³-hybridized carbons (Fsp3) is 0.760. The molecule has 0 amide bonds. The van der Waals surface area contributed by atoms with Gasteiger partial charge >= 0.3 is 0 Å². The van der Waals surface area contributed by atoms with E-state index in [1.807, 2.05) is 23.2 Å². The van der Waals surface area contributed by atoms with Gasteiger partial charge in [0.25, 0.3) is 0 Å². The molecule has 0 heterocycles. The van der Waals surface area contributed by atoms with Crippen molar-refractivity contribution in [1.82, 2.24) is 0 Å². The smallest absolute Gasteiger partial charge is 0.193 e. The molecular weight excluding hydrogens is 531 g/mol. The van der Waals surface area contributed by atoms with Crippen LogP contribution in [0, 0.1) is 0 Å². The number of hydrogen-bond donors (Lipinski definition) is 1. The fourth-order valence-corrected chi connectivity index (χ4v) is 11.0. The maximum Gasteiger partial charge on any atom is 0.193 e. The highest BCUT2D eigenvalue weighted by molar-refractivity contribution is 14.1. The van der Waals surface area contributed by atoms with Crippen LogP contribution in [0.5, 0.6) is 0 Å². The number of aliphatic hydroxyl groups excluding tert-OH is 1. The van der Waals surface area contributed by atoms with Crippen LogP contribution in [0.4, 0.5) is 0 Å². The van der Waals surface area contributed by atoms with Gasteiger partial charge < -0.3 is 14.0 Å². The summed E-state index contributed by atoms with van der Waals surface area (Å²) in [5, 5.41) is 11.3. The molecule has 0 aliphatic rings. The van der Waals surface area contributed by atoms with E-state index in [2.05, 4.69) is 77.3 Å². The van der Waals surface area contributed by atoms with Crippen molar-refractivity contribution in [2.24, 2.45) is 0 Å². The quantitative estimate of drug-likeness (QED) is 0.101. The molecule has 0 radical (unpaired) electrons. The van der Waals surface area contributed by atoms with Gasteiger partial charge in [-0.25, -0.2) is 0 Å². The van der Waals surface area contributed by atoms with Crippen LogP contribution in [0.2, 0.25) is 36.3 Å². The highest BCUT2D eigenvalue weighted by Gasteiger charge is 2.41. The Labute approximate surface area is 209 Å². The Bertz CT molecular complexity index is 542. The Morgan fingerprint density at radius 3 is 1.84 bits per heavy atom. The molecule has 3 atom stereocenters. The first-order valence-corrected chi connectivity index (χ1v) is 18.5. The van der Waals surface area contributed by atoms with E-state index in [4.69, 9.17) is 8.85 Å². The van der Waals surface area contributed by atoms with Gasteiger partial charge in [-0.15, -0.1) is 6.58 Å². The first-order valence-electron chi connectivity index (χ1n) is 12.2. The Morgan fingerprint density at radius 1 is 0.968 bits per heavy atom. The van der Waals surface area contributed by atoms with Crippen molar-refractivity contribution >= 4 is 39.2 Å².